The highest BCUT2D eigenvalue weighted by molar-refractivity contribution is 14.1. The van der Waals surface area contributed by atoms with Crippen LogP contribution in [0.3, 0.4) is 0 Å². The molecule has 6 nitrogen and oxygen atoms in total. The Kier molecular flexibility index (Phi) is 6.77. The fourth-order valence-corrected chi connectivity index (χ4v) is 2.81. The third-order valence-electron chi connectivity index (χ3n) is 3.32. The molecule has 1 amide bonds. The maximum Gasteiger partial charge on any atom is 0.341 e. The first-order valence-electron chi connectivity index (χ1n) is 7.41. The van der Waals surface area contributed by atoms with E-state index in [1.54, 1.807) is 30.3 Å². The molecular weight excluding hydrogens is 435 g/mol. The molecule has 2 aromatic carbocycles. The van der Waals surface area contributed by atoms with E-state index >= 15 is 0 Å². The molecule has 2 rings (SSSR count). The van der Waals surface area contributed by atoms with Gasteiger partial charge in [0.2, 0.25) is 0 Å². The summed E-state index contributed by atoms with van der Waals surface area (Å²) in [5.74, 6) is -0.695. The lowest BCUT2D eigenvalue weighted by molar-refractivity contribution is -0.139. The van der Waals surface area contributed by atoms with E-state index in [1.807, 2.05) is 18.2 Å². The average Bonchev–Trinajstić information content (AvgIpc) is 2.61. The van der Waals surface area contributed by atoms with Crippen LogP contribution in [0.2, 0.25) is 0 Å². The molecule has 0 aliphatic rings. The number of nitrogens with one attached hydrogen (secondary N) is 1. The van der Waals surface area contributed by atoms with Gasteiger partial charge < -0.3 is 15.2 Å². The molecule has 0 radical (unpaired) electrons. The Morgan fingerprint density at radius 2 is 1.92 bits per heavy atom. The van der Waals surface area contributed by atoms with Gasteiger partial charge in [-0.25, -0.2) is 4.79 Å². The van der Waals surface area contributed by atoms with Crippen molar-refractivity contribution in [1.82, 2.24) is 5.32 Å². The molecule has 25 heavy (non-hydrogen) atoms. The van der Waals surface area contributed by atoms with Gasteiger partial charge in [0.1, 0.15) is 5.75 Å². The number of hydrogen-bond acceptors (Lipinski definition) is 4. The van der Waals surface area contributed by atoms with Crippen LogP contribution in [-0.4, -0.2) is 30.1 Å². The lowest BCUT2D eigenvalue weighted by Crippen LogP contribution is -2.25. The Morgan fingerprint density at radius 1 is 1.20 bits per heavy atom. The van der Waals surface area contributed by atoms with Crippen molar-refractivity contribution < 1.29 is 19.4 Å². The van der Waals surface area contributed by atoms with Crippen molar-refractivity contribution in [3.63, 3.8) is 0 Å². The summed E-state index contributed by atoms with van der Waals surface area (Å²) in [6.07, 6.45) is 0.636. The highest BCUT2D eigenvalue weighted by atomic mass is 127. The Labute approximate surface area is 158 Å². The van der Waals surface area contributed by atoms with Crippen LogP contribution in [0.4, 0.5) is 0 Å². The van der Waals surface area contributed by atoms with Gasteiger partial charge in [-0.2, -0.15) is 5.26 Å². The molecule has 7 heteroatoms. The fourth-order valence-electron chi connectivity index (χ4n) is 2.07. The van der Waals surface area contributed by atoms with Crippen molar-refractivity contribution in [2.24, 2.45) is 0 Å². The fraction of sp³-hybridized carbons (Fsp3) is 0.167. The third-order valence-corrected chi connectivity index (χ3v) is 4.17. The number of nitrogens with zero attached hydrogens (tertiary/aromatic N) is 1. The predicted molar refractivity (Wildman–Crippen MR) is 99.5 cm³/mol. The maximum atomic E-state index is 12.0. The zero-order chi connectivity index (χ0) is 18.2. The summed E-state index contributed by atoms with van der Waals surface area (Å²) in [7, 11) is 0. The summed E-state index contributed by atoms with van der Waals surface area (Å²) in [6, 6.07) is 13.9. The monoisotopic (exact) mass is 450 g/mol. The van der Waals surface area contributed by atoms with Gasteiger partial charge in [0.05, 0.1) is 15.2 Å². The number of hydrogen-bond donors (Lipinski definition) is 2. The SMILES string of the molecule is N#Cc1ccc(C(=O)NCCc2ccc(OCC(=O)O)c(I)c2)cc1. The highest BCUT2D eigenvalue weighted by Crippen LogP contribution is 2.22. The number of halogens is 1. The molecule has 0 saturated heterocycles. The summed E-state index contributed by atoms with van der Waals surface area (Å²) < 4.78 is 5.99. The molecule has 0 unspecified atom stereocenters. The number of amides is 1. The smallest absolute Gasteiger partial charge is 0.341 e. The first-order valence-corrected chi connectivity index (χ1v) is 8.49. The minimum atomic E-state index is -1.02. The second-order valence-electron chi connectivity index (χ2n) is 5.14. The van der Waals surface area contributed by atoms with E-state index in [2.05, 4.69) is 27.9 Å². The average molecular weight is 450 g/mol. The molecule has 0 saturated carbocycles. The standard InChI is InChI=1S/C18H15IN2O4/c19-15-9-12(3-6-16(15)25-11-17(22)23)7-8-21-18(24)14-4-1-13(10-20)2-5-14/h1-6,9H,7-8,11H2,(H,21,24)(H,22,23). The molecule has 2 aromatic rings. The van der Waals surface area contributed by atoms with Gasteiger partial charge in [-0.05, 0) is 71.0 Å². The molecule has 0 aromatic heterocycles. The van der Waals surface area contributed by atoms with Crippen molar-refractivity contribution in [3.8, 4) is 11.8 Å². The minimum absolute atomic E-state index is 0.194. The van der Waals surface area contributed by atoms with Crippen molar-refractivity contribution in [2.45, 2.75) is 6.42 Å². The van der Waals surface area contributed by atoms with Crippen LogP contribution in [-0.2, 0) is 11.2 Å². The molecule has 128 valence electrons. The van der Waals surface area contributed by atoms with Crippen molar-refractivity contribution >= 4 is 34.5 Å². The molecule has 0 spiro atoms. The highest BCUT2D eigenvalue weighted by Gasteiger charge is 2.07. The molecular formula is C18H15IN2O4. The van der Waals surface area contributed by atoms with Gasteiger partial charge in [-0.15, -0.1) is 0 Å². The topological polar surface area (TPSA) is 99.4 Å². The summed E-state index contributed by atoms with van der Waals surface area (Å²) in [5, 5.41) is 20.2. The van der Waals surface area contributed by atoms with Crippen LogP contribution in [0.15, 0.2) is 42.5 Å². The second-order valence-corrected chi connectivity index (χ2v) is 6.30. The lowest BCUT2D eigenvalue weighted by Gasteiger charge is -2.09. The Hall–Kier alpha value is -2.60. The van der Waals surface area contributed by atoms with Crippen LogP contribution in [0, 0.1) is 14.9 Å². The Bertz CT molecular complexity index is 813. The van der Waals surface area contributed by atoms with Gasteiger partial charge in [0.15, 0.2) is 6.61 Å². The number of ether oxygens (including phenoxy) is 1. The molecule has 0 aliphatic carbocycles. The molecule has 0 fully saturated rings. The Balaban J connectivity index is 1.86. The number of carbonyl (C=O) groups excluding carboxylic acids is 1. The van der Waals surface area contributed by atoms with Gasteiger partial charge in [-0.3, -0.25) is 4.79 Å². The van der Waals surface area contributed by atoms with Crippen LogP contribution in [0.25, 0.3) is 0 Å². The maximum absolute atomic E-state index is 12.0. The van der Waals surface area contributed by atoms with E-state index in [-0.39, 0.29) is 12.5 Å². The van der Waals surface area contributed by atoms with Crippen LogP contribution < -0.4 is 10.1 Å². The van der Waals surface area contributed by atoms with E-state index in [0.717, 1.165) is 9.13 Å². The number of aliphatic carboxylic acids is 1. The summed E-state index contributed by atoms with van der Waals surface area (Å²) >= 11 is 2.08. The van der Waals surface area contributed by atoms with Crippen molar-refractivity contribution in [1.29, 1.82) is 5.26 Å². The number of carbonyl (C=O) groups is 2. The van der Waals surface area contributed by atoms with E-state index in [9.17, 15) is 9.59 Å². The van der Waals surface area contributed by atoms with Gasteiger partial charge >= 0.3 is 5.97 Å². The number of nitriles is 1. The van der Waals surface area contributed by atoms with Crippen LogP contribution in [0.1, 0.15) is 21.5 Å². The zero-order valence-corrected chi connectivity index (χ0v) is 15.3. The zero-order valence-electron chi connectivity index (χ0n) is 13.2. The van der Waals surface area contributed by atoms with E-state index in [0.29, 0.717) is 29.8 Å². The number of carboxylic acids is 1. The first-order chi connectivity index (χ1) is 12.0. The van der Waals surface area contributed by atoms with Gasteiger partial charge in [0.25, 0.3) is 5.91 Å². The largest absolute Gasteiger partial charge is 0.481 e. The summed E-state index contributed by atoms with van der Waals surface area (Å²) in [4.78, 5) is 22.6. The normalized spacial score (nSPS) is 9.92. The van der Waals surface area contributed by atoms with Crippen LogP contribution in [0.5, 0.6) is 5.75 Å². The Morgan fingerprint density at radius 3 is 2.52 bits per heavy atom. The molecule has 0 bridgehead atoms. The lowest BCUT2D eigenvalue weighted by atomic mass is 10.1. The van der Waals surface area contributed by atoms with Crippen molar-refractivity contribution in [3.05, 3.63) is 62.7 Å². The summed E-state index contributed by atoms with van der Waals surface area (Å²) in [5.41, 5.74) is 2.02. The quantitative estimate of drug-likeness (QED) is 0.632. The molecule has 2 N–H and O–H groups in total. The van der Waals surface area contributed by atoms with Crippen LogP contribution >= 0.6 is 22.6 Å². The molecule has 0 heterocycles. The molecule has 0 atom stereocenters. The van der Waals surface area contributed by atoms with Crippen molar-refractivity contribution in [2.75, 3.05) is 13.2 Å². The number of benzene rings is 2. The van der Waals surface area contributed by atoms with E-state index in [4.69, 9.17) is 15.1 Å². The number of rotatable bonds is 7. The summed E-state index contributed by atoms with van der Waals surface area (Å²) in [6.45, 7) is 0.0836. The predicted octanol–water partition coefficient (Wildman–Crippen LogP) is 2.60. The minimum Gasteiger partial charge on any atom is -0.481 e. The van der Waals surface area contributed by atoms with Gasteiger partial charge in [0, 0.05) is 12.1 Å². The number of carboxylic acid groups (broad SMARTS) is 1. The van der Waals surface area contributed by atoms with E-state index < -0.39 is 5.97 Å². The first kappa shape index (κ1) is 18.7. The molecule has 0 aliphatic heterocycles. The van der Waals surface area contributed by atoms with E-state index in [1.165, 1.54) is 0 Å². The van der Waals surface area contributed by atoms with Gasteiger partial charge in [-0.1, -0.05) is 6.07 Å². The second kappa shape index (κ2) is 9.03. The third kappa shape index (κ3) is 5.76.